The maximum absolute atomic E-state index is 14.9. The quantitative estimate of drug-likeness (QED) is 0.152. The van der Waals surface area contributed by atoms with Crippen LogP contribution in [0.15, 0.2) is 60.7 Å². The number of hydrogen-bond acceptors (Lipinski definition) is 6. The van der Waals surface area contributed by atoms with E-state index in [0.29, 0.717) is 5.56 Å². The molecule has 5 rings (SSSR count). The number of ether oxygens (including phenoxy) is 6. The summed E-state index contributed by atoms with van der Waals surface area (Å²) in [6, 6.07) is 12.7. The van der Waals surface area contributed by atoms with Crippen LogP contribution in [0.1, 0.15) is 49.2 Å². The van der Waals surface area contributed by atoms with Crippen molar-refractivity contribution in [1.82, 2.24) is 0 Å². The molecule has 3 aromatic rings. The third-order valence-electron chi connectivity index (χ3n) is 7.61. The number of rotatable bonds is 11. The fraction of sp³-hybridized carbons (Fsp3) is 0.455. The van der Waals surface area contributed by atoms with E-state index in [0.717, 1.165) is 55.5 Å². The van der Waals surface area contributed by atoms with Crippen molar-refractivity contribution in [2.45, 2.75) is 63.8 Å². The van der Waals surface area contributed by atoms with Crippen LogP contribution in [-0.2, 0) is 36.2 Å². The topological polar surface area (TPSA) is 55.4 Å². The van der Waals surface area contributed by atoms with Crippen molar-refractivity contribution in [2.24, 2.45) is 5.92 Å². The minimum Gasteiger partial charge on any atom is -0.403 e. The van der Waals surface area contributed by atoms with Crippen LogP contribution in [0.4, 0.5) is 30.7 Å². The molecule has 0 bridgehead atoms. The molecule has 46 heavy (non-hydrogen) atoms. The molecule has 0 N–H and O–H groups in total. The summed E-state index contributed by atoms with van der Waals surface area (Å²) in [6.07, 6.45) is -7.35. The van der Waals surface area contributed by atoms with Gasteiger partial charge in [0.25, 0.3) is 0 Å². The predicted octanol–water partition coefficient (Wildman–Crippen LogP) is 8.43. The van der Waals surface area contributed by atoms with Gasteiger partial charge in [-0.05, 0) is 42.2 Å². The third-order valence-corrected chi connectivity index (χ3v) is 7.61. The van der Waals surface area contributed by atoms with Crippen LogP contribution >= 0.6 is 0 Å². The number of benzene rings is 3. The fourth-order valence-corrected chi connectivity index (χ4v) is 5.22. The average molecular weight is 659 g/mol. The van der Waals surface area contributed by atoms with Crippen molar-refractivity contribution < 1.29 is 59.2 Å². The number of aryl methyl sites for hydroxylation is 1. The summed E-state index contributed by atoms with van der Waals surface area (Å²) >= 11 is 0. The van der Waals surface area contributed by atoms with Crippen LogP contribution in [0.2, 0.25) is 0 Å². The Morgan fingerprint density at radius 1 is 0.761 bits per heavy atom. The van der Waals surface area contributed by atoms with Crippen LogP contribution in [0.3, 0.4) is 0 Å². The van der Waals surface area contributed by atoms with Gasteiger partial charge < -0.3 is 28.4 Å². The fourth-order valence-electron chi connectivity index (χ4n) is 5.22. The number of halogens is 7. The number of hydrogen-bond donors (Lipinski definition) is 0. The van der Waals surface area contributed by atoms with Crippen molar-refractivity contribution in [3.05, 3.63) is 89.0 Å². The van der Waals surface area contributed by atoms with Gasteiger partial charge in [-0.25, -0.2) is 8.78 Å². The molecule has 2 aliphatic rings. The first kappa shape index (κ1) is 34.1. The molecule has 2 heterocycles. The van der Waals surface area contributed by atoms with Crippen molar-refractivity contribution in [3.8, 4) is 16.9 Å². The molecular weight excluding hydrogens is 625 g/mol. The molecular formula is C33H33F7O6. The molecule has 0 amide bonds. The van der Waals surface area contributed by atoms with E-state index < -0.39 is 54.5 Å². The van der Waals surface area contributed by atoms with Gasteiger partial charge in [-0.15, -0.1) is 13.2 Å². The van der Waals surface area contributed by atoms with E-state index in [1.807, 2.05) is 0 Å². The van der Waals surface area contributed by atoms with Crippen LogP contribution < -0.4 is 4.74 Å². The average Bonchev–Trinajstić information content (AvgIpc) is 3.02. The molecule has 6 nitrogen and oxygen atoms in total. The normalized spacial score (nSPS) is 22.5. The Labute approximate surface area is 261 Å². The zero-order chi connectivity index (χ0) is 32.9. The SMILES string of the molecule is CCCCCc1ccc(C(F)(F)OC2COC(C3COC(c4ccc(-c5ccc(OC(F)(F)F)c(F)c5)c(F)c4)OC3)OC2)cc1. The zero-order valence-electron chi connectivity index (χ0n) is 24.8. The highest BCUT2D eigenvalue weighted by Gasteiger charge is 2.40. The first-order valence-electron chi connectivity index (χ1n) is 14.9. The van der Waals surface area contributed by atoms with Crippen molar-refractivity contribution in [2.75, 3.05) is 26.4 Å². The lowest BCUT2D eigenvalue weighted by Crippen LogP contribution is -2.46. The first-order chi connectivity index (χ1) is 21.9. The van der Waals surface area contributed by atoms with Gasteiger partial charge in [0, 0.05) is 11.1 Å². The molecule has 2 saturated heterocycles. The van der Waals surface area contributed by atoms with Crippen LogP contribution in [0.5, 0.6) is 5.75 Å². The van der Waals surface area contributed by atoms with E-state index in [1.54, 1.807) is 12.1 Å². The van der Waals surface area contributed by atoms with E-state index in [4.69, 9.17) is 23.7 Å². The van der Waals surface area contributed by atoms with E-state index in [-0.39, 0.29) is 43.1 Å². The maximum atomic E-state index is 14.9. The minimum absolute atomic E-state index is 0.00368. The summed E-state index contributed by atoms with van der Waals surface area (Å²) in [7, 11) is 0. The van der Waals surface area contributed by atoms with Gasteiger partial charge >= 0.3 is 12.5 Å². The summed E-state index contributed by atoms with van der Waals surface area (Å²) in [6.45, 7) is 2.02. The van der Waals surface area contributed by atoms with E-state index in [2.05, 4.69) is 11.7 Å². The lowest BCUT2D eigenvalue weighted by molar-refractivity contribution is -0.335. The van der Waals surface area contributed by atoms with Gasteiger partial charge in [-0.1, -0.05) is 62.2 Å². The van der Waals surface area contributed by atoms with Crippen molar-refractivity contribution in [1.29, 1.82) is 0 Å². The molecule has 2 fully saturated rings. The van der Waals surface area contributed by atoms with Gasteiger partial charge in [-0.3, -0.25) is 0 Å². The third kappa shape index (κ3) is 8.77. The predicted molar refractivity (Wildman–Crippen MR) is 151 cm³/mol. The molecule has 2 aliphatic heterocycles. The smallest absolute Gasteiger partial charge is 0.403 e. The molecule has 0 aromatic heterocycles. The summed E-state index contributed by atoms with van der Waals surface area (Å²) < 4.78 is 127. The van der Waals surface area contributed by atoms with Gasteiger partial charge in [0.2, 0.25) is 0 Å². The first-order valence-corrected chi connectivity index (χ1v) is 14.9. The summed E-state index contributed by atoms with van der Waals surface area (Å²) in [5, 5.41) is 0. The minimum atomic E-state index is -5.07. The maximum Gasteiger partial charge on any atom is 0.573 e. The van der Waals surface area contributed by atoms with Gasteiger partial charge in [-0.2, -0.15) is 8.78 Å². The Morgan fingerprint density at radius 3 is 2.07 bits per heavy atom. The molecule has 0 aliphatic carbocycles. The van der Waals surface area contributed by atoms with E-state index in [9.17, 15) is 30.7 Å². The van der Waals surface area contributed by atoms with Gasteiger partial charge in [0.1, 0.15) is 11.9 Å². The highest BCUT2D eigenvalue weighted by Crippen LogP contribution is 2.36. The second-order valence-electron chi connectivity index (χ2n) is 11.1. The highest BCUT2D eigenvalue weighted by molar-refractivity contribution is 5.65. The van der Waals surface area contributed by atoms with Crippen LogP contribution in [0, 0.1) is 17.6 Å². The van der Waals surface area contributed by atoms with Crippen molar-refractivity contribution >= 4 is 0 Å². The van der Waals surface area contributed by atoms with E-state index >= 15 is 0 Å². The lowest BCUT2D eigenvalue weighted by Gasteiger charge is -2.38. The largest absolute Gasteiger partial charge is 0.573 e. The Hall–Kier alpha value is -3.23. The standard InChI is InChI=1S/C33H33F7O6/c1-2-3-4-5-20-6-10-24(11-7-20)32(36,37)45-25-18-43-31(44-19-25)23-16-41-30(42-17-23)22-8-12-26(27(34)15-22)21-9-13-29(28(35)14-21)46-33(38,39)40/h6-15,23,25,30-31H,2-5,16-19H2,1H3. The Morgan fingerprint density at radius 2 is 1.46 bits per heavy atom. The lowest BCUT2D eigenvalue weighted by atomic mass is 10.0. The summed E-state index contributed by atoms with van der Waals surface area (Å²) in [5.74, 6) is -3.51. The summed E-state index contributed by atoms with van der Waals surface area (Å²) in [4.78, 5) is 0. The Balaban J connectivity index is 1.09. The van der Waals surface area contributed by atoms with Crippen molar-refractivity contribution in [3.63, 3.8) is 0 Å². The molecule has 0 atom stereocenters. The van der Waals surface area contributed by atoms with Gasteiger partial charge in [0.05, 0.1) is 37.9 Å². The molecule has 250 valence electrons. The second-order valence-corrected chi connectivity index (χ2v) is 11.1. The monoisotopic (exact) mass is 658 g/mol. The molecule has 3 aromatic carbocycles. The number of alkyl halides is 5. The Kier molecular flexibility index (Phi) is 10.9. The molecule has 0 spiro atoms. The molecule has 0 radical (unpaired) electrons. The molecule has 0 saturated carbocycles. The van der Waals surface area contributed by atoms with Crippen LogP contribution in [0.25, 0.3) is 11.1 Å². The van der Waals surface area contributed by atoms with Crippen LogP contribution in [-0.4, -0.2) is 45.2 Å². The Bertz CT molecular complexity index is 1430. The van der Waals surface area contributed by atoms with E-state index in [1.165, 1.54) is 24.3 Å². The zero-order valence-corrected chi connectivity index (χ0v) is 24.8. The van der Waals surface area contributed by atoms with Gasteiger partial charge in [0.15, 0.2) is 24.1 Å². The molecule has 13 heteroatoms. The highest BCUT2D eigenvalue weighted by atomic mass is 19.4. The molecule has 0 unspecified atom stereocenters. The summed E-state index contributed by atoms with van der Waals surface area (Å²) in [5.41, 5.74) is 1.00. The number of unbranched alkanes of at least 4 members (excludes halogenated alkanes) is 2. The second kappa shape index (κ2) is 14.7.